The Balaban J connectivity index is 1.72. The number of morpholine rings is 1. The van der Waals surface area contributed by atoms with E-state index >= 15 is 0 Å². The molecule has 1 atom stereocenters. The maximum absolute atomic E-state index is 13.1. The number of benzene rings is 2. The van der Waals surface area contributed by atoms with Gasteiger partial charge in [-0.3, -0.25) is 14.5 Å². The Morgan fingerprint density at radius 1 is 1.03 bits per heavy atom. The summed E-state index contributed by atoms with van der Waals surface area (Å²) < 4.78 is 10.7. The van der Waals surface area contributed by atoms with Gasteiger partial charge >= 0.3 is 0 Å². The van der Waals surface area contributed by atoms with E-state index in [0.29, 0.717) is 37.6 Å². The number of likely N-dealkylation sites (tertiary alicyclic amines) is 1. The molecule has 0 aliphatic carbocycles. The number of hydrogen-bond acceptors (Lipinski definition) is 6. The van der Waals surface area contributed by atoms with Crippen molar-refractivity contribution in [3.05, 3.63) is 70.8 Å². The smallest absolute Gasteiger partial charge is 0.295 e. The van der Waals surface area contributed by atoms with Gasteiger partial charge < -0.3 is 19.5 Å². The zero-order valence-electron chi connectivity index (χ0n) is 18.4. The molecular formula is C25H28N2O5. The second-order valence-corrected chi connectivity index (χ2v) is 8.09. The maximum Gasteiger partial charge on any atom is 0.295 e. The maximum atomic E-state index is 13.1. The molecule has 1 N–H and O–H groups in total. The average molecular weight is 437 g/mol. The molecular weight excluding hydrogens is 408 g/mol. The lowest BCUT2D eigenvalue weighted by atomic mass is 9.95. The van der Waals surface area contributed by atoms with Crippen molar-refractivity contribution < 1.29 is 24.2 Å². The topological polar surface area (TPSA) is 79.3 Å². The van der Waals surface area contributed by atoms with Gasteiger partial charge in [-0.25, -0.2) is 0 Å². The van der Waals surface area contributed by atoms with Gasteiger partial charge in [0.25, 0.3) is 11.7 Å². The van der Waals surface area contributed by atoms with Crippen LogP contribution in [-0.4, -0.2) is 73.1 Å². The van der Waals surface area contributed by atoms with Gasteiger partial charge in [-0.15, -0.1) is 0 Å². The first-order valence-corrected chi connectivity index (χ1v) is 10.8. The summed E-state index contributed by atoms with van der Waals surface area (Å²) in [5.74, 6) is -0.728. The van der Waals surface area contributed by atoms with Crippen LogP contribution in [0.25, 0.3) is 5.76 Å². The van der Waals surface area contributed by atoms with Gasteiger partial charge in [0, 0.05) is 31.7 Å². The Labute approximate surface area is 187 Å². The zero-order valence-corrected chi connectivity index (χ0v) is 18.4. The van der Waals surface area contributed by atoms with E-state index in [9.17, 15) is 14.7 Å². The third kappa shape index (κ3) is 4.40. The monoisotopic (exact) mass is 436 g/mol. The fourth-order valence-electron chi connectivity index (χ4n) is 4.18. The number of aryl methyl sites for hydroxylation is 1. The van der Waals surface area contributed by atoms with Crippen molar-refractivity contribution in [3.63, 3.8) is 0 Å². The molecule has 2 fully saturated rings. The van der Waals surface area contributed by atoms with Crippen molar-refractivity contribution in [2.45, 2.75) is 13.0 Å². The lowest BCUT2D eigenvalue weighted by Gasteiger charge is -2.31. The minimum Gasteiger partial charge on any atom is -0.507 e. The molecule has 2 heterocycles. The summed E-state index contributed by atoms with van der Waals surface area (Å²) in [7, 11) is 1.58. The predicted octanol–water partition coefficient (Wildman–Crippen LogP) is 2.76. The highest BCUT2D eigenvalue weighted by molar-refractivity contribution is 6.46. The summed E-state index contributed by atoms with van der Waals surface area (Å²) in [4.78, 5) is 29.9. The first-order chi connectivity index (χ1) is 15.5. The molecule has 0 radical (unpaired) electrons. The highest BCUT2D eigenvalue weighted by atomic mass is 16.5. The van der Waals surface area contributed by atoms with Crippen molar-refractivity contribution in [2.24, 2.45) is 0 Å². The number of rotatable bonds is 6. The van der Waals surface area contributed by atoms with Gasteiger partial charge in [0.2, 0.25) is 0 Å². The molecule has 168 valence electrons. The van der Waals surface area contributed by atoms with E-state index in [2.05, 4.69) is 4.90 Å². The van der Waals surface area contributed by atoms with Gasteiger partial charge in [0.15, 0.2) is 0 Å². The van der Waals surface area contributed by atoms with Crippen LogP contribution in [0.3, 0.4) is 0 Å². The number of carbonyl (C=O) groups excluding carboxylic acids is 2. The van der Waals surface area contributed by atoms with Gasteiger partial charge in [-0.1, -0.05) is 42.0 Å². The standard InChI is InChI=1S/C25H28N2O5/c1-17-3-5-19(6-4-17)23(28)21-22(18-7-9-20(31-2)10-8-18)27(25(30)24(21)29)12-11-26-13-15-32-16-14-26/h3-10,22,28H,11-16H2,1-2H3/b23-21+. The Hall–Kier alpha value is -3.16. The fraction of sp³-hybridized carbons (Fsp3) is 0.360. The van der Waals surface area contributed by atoms with Crippen LogP contribution in [0.2, 0.25) is 0 Å². The number of methoxy groups -OCH3 is 1. The van der Waals surface area contributed by atoms with Crippen LogP contribution in [0.4, 0.5) is 0 Å². The number of carbonyl (C=O) groups is 2. The molecule has 0 saturated carbocycles. The summed E-state index contributed by atoms with van der Waals surface area (Å²) in [6.07, 6.45) is 0. The van der Waals surface area contributed by atoms with Crippen LogP contribution < -0.4 is 4.74 Å². The first-order valence-electron chi connectivity index (χ1n) is 10.8. The molecule has 2 aromatic carbocycles. The summed E-state index contributed by atoms with van der Waals surface area (Å²) in [6.45, 7) is 5.87. The lowest BCUT2D eigenvalue weighted by Crippen LogP contribution is -2.42. The van der Waals surface area contributed by atoms with Crippen molar-refractivity contribution in [2.75, 3.05) is 46.5 Å². The van der Waals surface area contributed by atoms with Crippen molar-refractivity contribution >= 4 is 17.4 Å². The molecule has 4 rings (SSSR count). The molecule has 0 spiro atoms. The SMILES string of the molecule is COc1ccc(C2/C(=C(\O)c3ccc(C)cc3)C(=O)C(=O)N2CCN2CCOCC2)cc1. The highest BCUT2D eigenvalue weighted by Crippen LogP contribution is 2.39. The Bertz CT molecular complexity index is 1010. The van der Waals surface area contributed by atoms with Crippen LogP contribution in [-0.2, 0) is 14.3 Å². The largest absolute Gasteiger partial charge is 0.507 e. The van der Waals surface area contributed by atoms with Gasteiger partial charge in [0.05, 0.1) is 31.9 Å². The fourth-order valence-corrected chi connectivity index (χ4v) is 4.18. The van der Waals surface area contributed by atoms with E-state index in [1.165, 1.54) is 0 Å². The van der Waals surface area contributed by atoms with Crippen LogP contribution in [0.5, 0.6) is 5.75 Å². The second kappa shape index (κ2) is 9.54. The van der Waals surface area contributed by atoms with Crippen LogP contribution in [0.15, 0.2) is 54.1 Å². The van der Waals surface area contributed by atoms with E-state index in [-0.39, 0.29) is 11.3 Å². The van der Waals surface area contributed by atoms with Gasteiger partial charge in [-0.2, -0.15) is 0 Å². The summed E-state index contributed by atoms with van der Waals surface area (Å²) >= 11 is 0. The molecule has 1 unspecified atom stereocenters. The third-order valence-electron chi connectivity index (χ3n) is 6.06. The highest BCUT2D eigenvalue weighted by Gasteiger charge is 2.46. The lowest BCUT2D eigenvalue weighted by molar-refractivity contribution is -0.140. The normalized spacial score (nSPS) is 21.2. The van der Waals surface area contributed by atoms with Gasteiger partial charge in [0.1, 0.15) is 11.5 Å². The molecule has 2 aliphatic rings. The van der Waals surface area contributed by atoms with Crippen molar-refractivity contribution in [1.29, 1.82) is 0 Å². The van der Waals surface area contributed by atoms with Gasteiger partial charge in [-0.05, 0) is 24.6 Å². The van der Waals surface area contributed by atoms with Crippen LogP contribution >= 0.6 is 0 Å². The van der Waals surface area contributed by atoms with Crippen molar-refractivity contribution in [1.82, 2.24) is 9.80 Å². The summed E-state index contributed by atoms with van der Waals surface area (Å²) in [5.41, 5.74) is 2.42. The zero-order chi connectivity index (χ0) is 22.7. The molecule has 2 aromatic rings. The number of ketones is 1. The number of aliphatic hydroxyl groups excluding tert-OH is 1. The Kier molecular flexibility index (Phi) is 6.58. The Morgan fingerprint density at radius 2 is 1.69 bits per heavy atom. The molecule has 1 amide bonds. The molecule has 2 aliphatic heterocycles. The molecule has 7 heteroatoms. The number of hydrogen-bond donors (Lipinski definition) is 1. The number of Topliss-reactive ketones (excluding diaryl/α,β-unsaturated/α-hetero) is 1. The van der Waals surface area contributed by atoms with E-state index in [1.54, 1.807) is 36.3 Å². The van der Waals surface area contributed by atoms with Crippen LogP contribution in [0.1, 0.15) is 22.7 Å². The van der Waals surface area contributed by atoms with E-state index in [0.717, 1.165) is 24.2 Å². The van der Waals surface area contributed by atoms with Crippen LogP contribution in [0, 0.1) is 6.92 Å². The summed E-state index contributed by atoms with van der Waals surface area (Å²) in [6, 6.07) is 13.8. The van der Waals surface area contributed by atoms with E-state index in [4.69, 9.17) is 9.47 Å². The number of amides is 1. The third-order valence-corrected chi connectivity index (χ3v) is 6.06. The minimum atomic E-state index is -0.664. The number of nitrogens with zero attached hydrogens (tertiary/aromatic N) is 2. The molecule has 2 saturated heterocycles. The average Bonchev–Trinajstić information content (AvgIpc) is 3.08. The number of ether oxygens (including phenoxy) is 2. The molecule has 7 nitrogen and oxygen atoms in total. The van der Waals surface area contributed by atoms with E-state index in [1.807, 2.05) is 31.2 Å². The minimum absolute atomic E-state index is 0.117. The summed E-state index contributed by atoms with van der Waals surface area (Å²) in [5, 5.41) is 11.1. The Morgan fingerprint density at radius 3 is 2.31 bits per heavy atom. The second-order valence-electron chi connectivity index (χ2n) is 8.09. The molecule has 0 aromatic heterocycles. The molecule has 0 bridgehead atoms. The predicted molar refractivity (Wildman–Crippen MR) is 120 cm³/mol. The number of aliphatic hydroxyl groups is 1. The quantitative estimate of drug-likeness (QED) is 0.426. The first kappa shape index (κ1) is 22.0. The molecule has 32 heavy (non-hydrogen) atoms. The van der Waals surface area contributed by atoms with E-state index < -0.39 is 17.7 Å². The van der Waals surface area contributed by atoms with Crippen molar-refractivity contribution in [3.8, 4) is 5.75 Å².